The maximum absolute atomic E-state index is 13.2. The molecule has 0 aromatic heterocycles. The number of carbonyl (C=O) groups excluding carboxylic acids is 1. The van der Waals surface area contributed by atoms with Crippen LogP contribution in [0.2, 0.25) is 0 Å². The van der Waals surface area contributed by atoms with Gasteiger partial charge in [0, 0.05) is 16.9 Å². The number of hydrogen-bond donors (Lipinski definition) is 1. The Bertz CT molecular complexity index is 1020. The first-order chi connectivity index (χ1) is 14.2. The minimum absolute atomic E-state index is 0.149. The highest BCUT2D eigenvalue weighted by atomic mass is 32.1. The molecule has 1 atom stereocenters. The molecule has 2 aromatic carbocycles. The number of rotatable bonds is 4. The summed E-state index contributed by atoms with van der Waals surface area (Å²) in [7, 11) is 2.74. The van der Waals surface area contributed by atoms with Crippen LogP contribution in [0.4, 0.5) is 18.9 Å². The number of allylic oxidation sites excluding steroid dienone is 1. The Labute approximate surface area is 177 Å². The highest BCUT2D eigenvalue weighted by Crippen LogP contribution is 2.39. The van der Waals surface area contributed by atoms with Crippen LogP contribution in [0.1, 0.15) is 24.1 Å². The summed E-state index contributed by atoms with van der Waals surface area (Å²) in [6.45, 7) is 1.61. The van der Waals surface area contributed by atoms with Gasteiger partial charge in [-0.25, -0.2) is 4.79 Å². The maximum Gasteiger partial charge on any atom is 0.416 e. The molecule has 1 aliphatic heterocycles. The number of carbonyl (C=O) groups is 1. The number of methoxy groups -OCH3 is 2. The van der Waals surface area contributed by atoms with Gasteiger partial charge in [-0.15, -0.1) is 0 Å². The van der Waals surface area contributed by atoms with Crippen LogP contribution in [0.5, 0.6) is 5.75 Å². The van der Waals surface area contributed by atoms with Gasteiger partial charge in [0.05, 0.1) is 31.4 Å². The van der Waals surface area contributed by atoms with Gasteiger partial charge in [-0.1, -0.05) is 24.3 Å². The molecule has 0 saturated heterocycles. The molecule has 1 aliphatic rings. The molecule has 9 heteroatoms. The summed E-state index contributed by atoms with van der Waals surface area (Å²) in [4.78, 5) is 14.1. The number of benzene rings is 2. The molecule has 5 nitrogen and oxygen atoms in total. The van der Waals surface area contributed by atoms with Gasteiger partial charge >= 0.3 is 12.1 Å². The van der Waals surface area contributed by atoms with Crippen LogP contribution in [0.3, 0.4) is 0 Å². The molecule has 2 aromatic rings. The molecule has 1 heterocycles. The van der Waals surface area contributed by atoms with Gasteiger partial charge in [0.2, 0.25) is 0 Å². The van der Waals surface area contributed by atoms with Crippen molar-refractivity contribution < 1.29 is 27.4 Å². The minimum atomic E-state index is -4.51. The number of hydrogen-bond acceptors (Lipinski definition) is 4. The number of para-hydroxylation sites is 1. The van der Waals surface area contributed by atoms with E-state index in [9.17, 15) is 18.0 Å². The SMILES string of the molecule is COC(=O)C1=C(C)N(c2cccc(C(F)(F)F)c2)C(=S)NC1c1ccccc1OC. The second kappa shape index (κ2) is 8.35. The first kappa shape index (κ1) is 21.6. The fraction of sp³-hybridized carbons (Fsp3) is 0.238. The van der Waals surface area contributed by atoms with Crippen LogP contribution in [0, 0.1) is 0 Å². The maximum atomic E-state index is 13.2. The zero-order valence-corrected chi connectivity index (χ0v) is 17.2. The van der Waals surface area contributed by atoms with Crippen LogP contribution in [0.15, 0.2) is 59.8 Å². The summed E-state index contributed by atoms with van der Waals surface area (Å²) < 4.78 is 49.9. The average molecular weight is 436 g/mol. The summed E-state index contributed by atoms with van der Waals surface area (Å²) in [6, 6.07) is 11.1. The Morgan fingerprint density at radius 2 is 1.83 bits per heavy atom. The van der Waals surface area contributed by atoms with Crippen molar-refractivity contribution in [1.29, 1.82) is 0 Å². The monoisotopic (exact) mass is 436 g/mol. The zero-order valence-electron chi connectivity index (χ0n) is 16.4. The largest absolute Gasteiger partial charge is 0.496 e. The lowest BCUT2D eigenvalue weighted by Crippen LogP contribution is -2.48. The second-order valence-corrected chi connectivity index (χ2v) is 6.89. The predicted molar refractivity (Wildman–Crippen MR) is 110 cm³/mol. The van der Waals surface area contributed by atoms with Crippen molar-refractivity contribution in [3.8, 4) is 5.75 Å². The zero-order chi connectivity index (χ0) is 22.1. The van der Waals surface area contributed by atoms with E-state index in [2.05, 4.69) is 5.32 Å². The van der Waals surface area contributed by atoms with Gasteiger partial charge in [-0.2, -0.15) is 13.2 Å². The predicted octanol–water partition coefficient (Wildman–Crippen LogP) is 4.60. The molecule has 0 spiro atoms. The molecule has 0 radical (unpaired) electrons. The second-order valence-electron chi connectivity index (χ2n) is 6.50. The van der Waals surface area contributed by atoms with Crippen molar-refractivity contribution in [3.63, 3.8) is 0 Å². The number of thiocarbonyl (C=S) groups is 1. The summed E-state index contributed by atoms with van der Waals surface area (Å²) in [5, 5.41) is 3.20. The molecule has 158 valence electrons. The van der Waals surface area contributed by atoms with Crippen LogP contribution < -0.4 is 15.0 Å². The Balaban J connectivity index is 2.17. The lowest BCUT2D eigenvalue weighted by atomic mass is 9.94. The van der Waals surface area contributed by atoms with Gasteiger partial charge in [0.15, 0.2) is 5.11 Å². The molecule has 30 heavy (non-hydrogen) atoms. The topological polar surface area (TPSA) is 50.8 Å². The number of halogens is 3. The van der Waals surface area contributed by atoms with Crippen molar-refractivity contribution in [2.24, 2.45) is 0 Å². The Kier molecular flexibility index (Phi) is 6.02. The quantitative estimate of drug-likeness (QED) is 0.559. The Hall–Kier alpha value is -3.07. The smallest absolute Gasteiger partial charge is 0.416 e. The van der Waals surface area contributed by atoms with Crippen LogP contribution in [0.25, 0.3) is 0 Å². The summed E-state index contributed by atoms with van der Waals surface area (Å²) in [5.41, 5.74) is 0.585. The fourth-order valence-electron chi connectivity index (χ4n) is 3.39. The highest BCUT2D eigenvalue weighted by Gasteiger charge is 2.37. The minimum Gasteiger partial charge on any atom is -0.496 e. The Morgan fingerprint density at radius 1 is 1.13 bits per heavy atom. The van der Waals surface area contributed by atoms with E-state index in [0.717, 1.165) is 12.1 Å². The molecule has 0 bridgehead atoms. The van der Waals surface area contributed by atoms with Crippen LogP contribution >= 0.6 is 12.2 Å². The van der Waals surface area contributed by atoms with Crippen LogP contribution in [-0.4, -0.2) is 25.3 Å². The number of anilines is 1. The molecule has 1 unspecified atom stereocenters. The third-order valence-corrected chi connectivity index (χ3v) is 5.07. The van der Waals surface area contributed by atoms with Gasteiger partial charge in [-0.3, -0.25) is 4.90 Å². The molecular weight excluding hydrogens is 417 g/mol. The van der Waals surface area contributed by atoms with Gasteiger partial charge < -0.3 is 14.8 Å². The third kappa shape index (κ3) is 3.97. The van der Waals surface area contributed by atoms with E-state index in [4.69, 9.17) is 21.7 Å². The lowest BCUT2D eigenvalue weighted by molar-refractivity contribution is -0.138. The highest BCUT2D eigenvalue weighted by molar-refractivity contribution is 7.80. The average Bonchev–Trinajstić information content (AvgIpc) is 2.72. The van der Waals surface area contributed by atoms with Crippen LogP contribution in [-0.2, 0) is 15.7 Å². The van der Waals surface area contributed by atoms with Gasteiger partial charge in [0.25, 0.3) is 0 Å². The number of nitrogens with one attached hydrogen (secondary N) is 1. The molecule has 3 rings (SSSR count). The third-order valence-electron chi connectivity index (χ3n) is 4.77. The summed E-state index contributed by atoms with van der Waals surface area (Å²) in [6.07, 6.45) is -4.51. The van der Waals surface area contributed by atoms with E-state index >= 15 is 0 Å². The number of esters is 1. The van der Waals surface area contributed by atoms with E-state index in [0.29, 0.717) is 17.0 Å². The lowest BCUT2D eigenvalue weighted by Gasteiger charge is -2.37. The van der Waals surface area contributed by atoms with E-state index in [1.807, 2.05) is 0 Å². The van der Waals surface area contributed by atoms with Crippen molar-refractivity contribution in [2.45, 2.75) is 19.1 Å². The Morgan fingerprint density at radius 3 is 2.47 bits per heavy atom. The van der Waals surface area contributed by atoms with E-state index in [1.54, 1.807) is 31.2 Å². The van der Waals surface area contributed by atoms with Crippen molar-refractivity contribution in [2.75, 3.05) is 19.1 Å². The molecular formula is C21H19F3N2O3S. The fourth-order valence-corrected chi connectivity index (χ4v) is 3.75. The van der Waals surface area contributed by atoms with Crippen molar-refractivity contribution >= 4 is 29.0 Å². The molecule has 0 amide bonds. The summed E-state index contributed by atoms with van der Waals surface area (Å²) in [5.74, 6) is -0.102. The van der Waals surface area contributed by atoms with Gasteiger partial charge in [-0.05, 0) is 43.4 Å². The number of nitrogens with zero attached hydrogens (tertiary/aromatic N) is 1. The van der Waals surface area contributed by atoms with Crippen molar-refractivity contribution in [3.05, 3.63) is 70.9 Å². The van der Waals surface area contributed by atoms with E-state index in [-0.39, 0.29) is 16.4 Å². The number of alkyl halides is 3. The number of ether oxygens (including phenoxy) is 2. The normalized spacial score (nSPS) is 16.9. The molecule has 0 saturated carbocycles. The molecule has 1 N–H and O–H groups in total. The van der Waals surface area contributed by atoms with Crippen molar-refractivity contribution in [1.82, 2.24) is 5.32 Å². The first-order valence-corrected chi connectivity index (χ1v) is 9.29. The molecule has 0 aliphatic carbocycles. The molecule has 0 fully saturated rings. The standard InChI is InChI=1S/C21H19F3N2O3S/c1-12-17(19(27)29-3)18(15-9-4-5-10-16(15)28-2)25-20(30)26(12)14-8-6-7-13(11-14)21(22,23)24/h4-11,18H,1-3H3,(H,25,30). The summed E-state index contributed by atoms with van der Waals surface area (Å²) >= 11 is 5.46. The first-order valence-electron chi connectivity index (χ1n) is 8.89. The van der Waals surface area contributed by atoms with E-state index < -0.39 is 23.8 Å². The van der Waals surface area contributed by atoms with E-state index in [1.165, 1.54) is 31.3 Å². The van der Waals surface area contributed by atoms with Gasteiger partial charge in [0.1, 0.15) is 5.75 Å².